The topological polar surface area (TPSA) is 49.3 Å². The van der Waals surface area contributed by atoms with Gasteiger partial charge in [0.05, 0.1) is 18.4 Å². The van der Waals surface area contributed by atoms with Crippen LogP contribution in [-0.4, -0.2) is 22.5 Å². The Balaban J connectivity index is 1.65. The van der Waals surface area contributed by atoms with Gasteiger partial charge in [0.15, 0.2) is 0 Å². The average molecular weight is 386 g/mol. The number of rotatable bonds is 7. The third-order valence-electron chi connectivity index (χ3n) is 2.77. The standard InChI is InChI=1S/C15H16BrNO2S2/c16-12-6-13(21-8-12)7-17-15(19)10-20-9-14(18)11-4-2-1-3-5-11/h1-6,8,14,18H,7,9-10H2,(H,17,19). The van der Waals surface area contributed by atoms with Gasteiger partial charge in [-0.25, -0.2) is 0 Å². The smallest absolute Gasteiger partial charge is 0.230 e. The zero-order valence-electron chi connectivity index (χ0n) is 11.3. The quantitative estimate of drug-likeness (QED) is 0.765. The van der Waals surface area contributed by atoms with Crippen LogP contribution in [0.1, 0.15) is 16.5 Å². The molecule has 0 aliphatic carbocycles. The number of halogens is 1. The number of thiophene rings is 1. The van der Waals surface area contributed by atoms with Gasteiger partial charge in [0, 0.05) is 20.5 Å². The number of thioether (sulfide) groups is 1. The van der Waals surface area contributed by atoms with Gasteiger partial charge >= 0.3 is 0 Å². The minimum absolute atomic E-state index is 0.00946. The van der Waals surface area contributed by atoms with Crippen LogP contribution in [0.5, 0.6) is 0 Å². The summed E-state index contributed by atoms with van der Waals surface area (Å²) in [7, 11) is 0. The lowest BCUT2D eigenvalue weighted by Crippen LogP contribution is -2.24. The SMILES string of the molecule is O=C(CSCC(O)c1ccccc1)NCc1cc(Br)cs1. The molecule has 1 aromatic heterocycles. The molecule has 2 N–H and O–H groups in total. The van der Waals surface area contributed by atoms with Crippen LogP contribution in [0.25, 0.3) is 0 Å². The highest BCUT2D eigenvalue weighted by molar-refractivity contribution is 9.10. The van der Waals surface area contributed by atoms with E-state index in [1.807, 2.05) is 41.8 Å². The number of hydrogen-bond acceptors (Lipinski definition) is 4. The molecular formula is C15H16BrNO2S2. The van der Waals surface area contributed by atoms with Crippen molar-refractivity contribution in [2.24, 2.45) is 0 Å². The summed E-state index contributed by atoms with van der Waals surface area (Å²) in [6.45, 7) is 0.552. The van der Waals surface area contributed by atoms with Gasteiger partial charge in [0.1, 0.15) is 0 Å². The second kappa shape index (κ2) is 8.58. The summed E-state index contributed by atoms with van der Waals surface area (Å²) in [5.74, 6) is 0.864. The first kappa shape index (κ1) is 16.5. The normalized spacial score (nSPS) is 12.1. The number of hydrogen-bond donors (Lipinski definition) is 2. The Hall–Kier alpha value is -0.820. The molecule has 0 fully saturated rings. The lowest BCUT2D eigenvalue weighted by Gasteiger charge is -2.10. The molecule has 3 nitrogen and oxygen atoms in total. The Morgan fingerprint density at radius 1 is 1.38 bits per heavy atom. The summed E-state index contributed by atoms with van der Waals surface area (Å²) in [6, 6.07) is 11.5. The first-order chi connectivity index (χ1) is 10.1. The van der Waals surface area contributed by atoms with Crippen LogP contribution in [0.15, 0.2) is 46.3 Å². The van der Waals surface area contributed by atoms with Gasteiger partial charge in [-0.1, -0.05) is 30.3 Å². The van der Waals surface area contributed by atoms with Gasteiger partial charge in [-0.2, -0.15) is 0 Å². The molecule has 1 unspecified atom stereocenters. The molecule has 2 rings (SSSR count). The first-order valence-electron chi connectivity index (χ1n) is 6.45. The lowest BCUT2D eigenvalue weighted by molar-refractivity contribution is -0.118. The number of carbonyl (C=O) groups is 1. The summed E-state index contributed by atoms with van der Waals surface area (Å²) in [6.07, 6.45) is -0.530. The number of aliphatic hydroxyl groups is 1. The summed E-state index contributed by atoms with van der Waals surface area (Å²) in [4.78, 5) is 12.8. The Kier molecular flexibility index (Phi) is 6.76. The number of amides is 1. The highest BCUT2D eigenvalue weighted by Crippen LogP contribution is 2.20. The van der Waals surface area contributed by atoms with Crippen LogP contribution in [0.2, 0.25) is 0 Å². The van der Waals surface area contributed by atoms with Gasteiger partial charge in [0.25, 0.3) is 0 Å². The Labute approximate surface area is 140 Å². The van der Waals surface area contributed by atoms with Crippen LogP contribution < -0.4 is 5.32 Å². The van der Waals surface area contributed by atoms with Crippen molar-refractivity contribution in [3.63, 3.8) is 0 Å². The fraction of sp³-hybridized carbons (Fsp3) is 0.267. The third kappa shape index (κ3) is 5.82. The van der Waals surface area contributed by atoms with Gasteiger partial charge in [-0.05, 0) is 27.6 Å². The molecular weight excluding hydrogens is 370 g/mol. The van der Waals surface area contributed by atoms with E-state index >= 15 is 0 Å². The highest BCUT2D eigenvalue weighted by atomic mass is 79.9. The van der Waals surface area contributed by atoms with Gasteiger partial charge in [-0.3, -0.25) is 4.79 Å². The molecule has 0 spiro atoms. The Morgan fingerprint density at radius 3 is 2.81 bits per heavy atom. The van der Waals surface area contributed by atoms with E-state index in [0.29, 0.717) is 18.1 Å². The fourth-order valence-corrected chi connectivity index (χ4v) is 3.93. The maximum absolute atomic E-state index is 11.7. The predicted octanol–water partition coefficient (Wildman–Crippen LogP) is 3.59. The van der Waals surface area contributed by atoms with Crippen LogP contribution >= 0.6 is 39.0 Å². The molecule has 1 amide bonds. The zero-order chi connectivity index (χ0) is 15.1. The van der Waals surface area contributed by atoms with Crippen molar-refractivity contribution in [3.8, 4) is 0 Å². The predicted molar refractivity (Wildman–Crippen MR) is 92.6 cm³/mol. The number of nitrogens with one attached hydrogen (secondary N) is 1. The van der Waals surface area contributed by atoms with Crippen molar-refractivity contribution in [3.05, 3.63) is 56.7 Å². The molecule has 1 atom stereocenters. The van der Waals surface area contributed by atoms with Crippen LogP contribution in [-0.2, 0) is 11.3 Å². The minimum Gasteiger partial charge on any atom is -0.388 e. The molecule has 0 saturated carbocycles. The summed E-state index contributed by atoms with van der Waals surface area (Å²) in [5.41, 5.74) is 0.883. The van der Waals surface area contributed by atoms with Gasteiger partial charge in [0.2, 0.25) is 5.91 Å². The molecule has 2 aromatic rings. The van der Waals surface area contributed by atoms with E-state index < -0.39 is 6.10 Å². The molecule has 0 aliphatic heterocycles. The molecule has 1 aromatic carbocycles. The maximum atomic E-state index is 11.7. The van der Waals surface area contributed by atoms with Crippen molar-refractivity contribution in [2.45, 2.75) is 12.6 Å². The van der Waals surface area contributed by atoms with Crippen molar-refractivity contribution in [1.82, 2.24) is 5.32 Å². The number of benzene rings is 1. The molecule has 0 saturated heterocycles. The number of carbonyl (C=O) groups excluding carboxylic acids is 1. The maximum Gasteiger partial charge on any atom is 0.230 e. The summed E-state index contributed by atoms with van der Waals surface area (Å²) < 4.78 is 1.04. The Morgan fingerprint density at radius 2 is 2.14 bits per heavy atom. The average Bonchev–Trinajstić information content (AvgIpc) is 2.91. The van der Waals surface area contributed by atoms with E-state index in [9.17, 15) is 9.90 Å². The van der Waals surface area contributed by atoms with Crippen LogP contribution in [0, 0.1) is 0 Å². The molecule has 6 heteroatoms. The summed E-state index contributed by atoms with van der Waals surface area (Å²) in [5, 5.41) is 14.9. The molecule has 0 aliphatic rings. The molecule has 112 valence electrons. The van der Waals surface area contributed by atoms with E-state index in [0.717, 1.165) is 14.9 Å². The number of aliphatic hydroxyl groups excluding tert-OH is 1. The van der Waals surface area contributed by atoms with Gasteiger partial charge < -0.3 is 10.4 Å². The second-order valence-electron chi connectivity index (χ2n) is 4.45. The van der Waals surface area contributed by atoms with Crippen molar-refractivity contribution < 1.29 is 9.90 Å². The second-order valence-corrected chi connectivity index (χ2v) is 7.39. The molecule has 21 heavy (non-hydrogen) atoms. The van der Waals surface area contributed by atoms with Crippen molar-refractivity contribution >= 4 is 44.9 Å². The lowest BCUT2D eigenvalue weighted by atomic mass is 10.1. The molecule has 0 radical (unpaired) electrons. The van der Waals surface area contributed by atoms with E-state index in [2.05, 4.69) is 21.2 Å². The van der Waals surface area contributed by atoms with E-state index in [1.165, 1.54) is 11.8 Å². The van der Waals surface area contributed by atoms with Crippen molar-refractivity contribution in [2.75, 3.05) is 11.5 Å². The van der Waals surface area contributed by atoms with Crippen LogP contribution in [0.4, 0.5) is 0 Å². The summed E-state index contributed by atoms with van der Waals surface area (Å²) >= 11 is 6.43. The third-order valence-corrected chi connectivity index (χ3v) is 5.49. The molecule has 0 bridgehead atoms. The van der Waals surface area contributed by atoms with E-state index in [1.54, 1.807) is 11.3 Å². The minimum atomic E-state index is -0.530. The highest BCUT2D eigenvalue weighted by Gasteiger charge is 2.09. The van der Waals surface area contributed by atoms with Crippen molar-refractivity contribution in [1.29, 1.82) is 0 Å². The largest absolute Gasteiger partial charge is 0.388 e. The zero-order valence-corrected chi connectivity index (χ0v) is 14.5. The monoisotopic (exact) mass is 385 g/mol. The van der Waals surface area contributed by atoms with Gasteiger partial charge in [-0.15, -0.1) is 23.1 Å². The van der Waals surface area contributed by atoms with E-state index in [4.69, 9.17) is 0 Å². The fourth-order valence-electron chi connectivity index (χ4n) is 1.72. The van der Waals surface area contributed by atoms with Crippen LogP contribution in [0.3, 0.4) is 0 Å². The first-order valence-corrected chi connectivity index (χ1v) is 9.28. The van der Waals surface area contributed by atoms with E-state index in [-0.39, 0.29) is 5.91 Å². The molecule has 1 heterocycles. The Bertz CT molecular complexity index is 574.